The molecule has 0 atom stereocenters. The minimum Gasteiger partial charge on any atom is -0.294 e. The Labute approximate surface area is 132 Å². The van der Waals surface area contributed by atoms with Crippen molar-refractivity contribution in [1.82, 2.24) is 0 Å². The molecule has 0 aliphatic rings. The van der Waals surface area contributed by atoms with Crippen LogP contribution in [0, 0.1) is 0 Å². The van der Waals surface area contributed by atoms with Gasteiger partial charge in [0.1, 0.15) is 0 Å². The van der Waals surface area contributed by atoms with Gasteiger partial charge in [0.05, 0.1) is 0 Å². The minimum absolute atomic E-state index is 0.215. The quantitative estimate of drug-likeness (QED) is 0.429. The Kier molecular flexibility index (Phi) is 6.68. The number of hydrogen-bond acceptors (Lipinski definition) is 2. The largest absolute Gasteiger partial charge is 0.294 e. The molecule has 0 spiro atoms. The summed E-state index contributed by atoms with van der Waals surface area (Å²) in [7, 11) is 0. The number of benzene rings is 1. The van der Waals surface area contributed by atoms with E-state index >= 15 is 0 Å². The summed E-state index contributed by atoms with van der Waals surface area (Å²) in [4.78, 5) is 13.3. The Morgan fingerprint density at radius 3 is 2.43 bits per heavy atom. The lowest BCUT2D eigenvalue weighted by molar-refractivity contribution is 0.0994. The van der Waals surface area contributed by atoms with Crippen molar-refractivity contribution in [3.05, 3.63) is 57.8 Å². The van der Waals surface area contributed by atoms with Crippen molar-refractivity contribution in [2.45, 2.75) is 51.9 Å². The Balaban J connectivity index is 1.79. The maximum atomic E-state index is 12.2. The van der Waals surface area contributed by atoms with Gasteiger partial charge >= 0.3 is 0 Å². The zero-order valence-corrected chi connectivity index (χ0v) is 13.6. The summed E-state index contributed by atoms with van der Waals surface area (Å²) in [6.07, 6.45) is 8.19. The minimum atomic E-state index is 0.215. The summed E-state index contributed by atoms with van der Waals surface area (Å²) in [5.74, 6) is 0.215. The number of unbranched alkanes of at least 4 members (excludes halogenated alkanes) is 4. The van der Waals surface area contributed by atoms with Crippen LogP contribution in [0.4, 0.5) is 0 Å². The Morgan fingerprint density at radius 1 is 1.00 bits per heavy atom. The number of hydrogen-bond donors (Lipinski definition) is 0. The van der Waals surface area contributed by atoms with E-state index in [-0.39, 0.29) is 5.78 Å². The average Bonchev–Trinajstić information content (AvgIpc) is 3.00. The number of aryl methyl sites for hydroxylation is 1. The molecule has 2 aromatic rings. The average molecular weight is 300 g/mol. The first-order valence-corrected chi connectivity index (χ1v) is 8.82. The van der Waals surface area contributed by atoms with E-state index in [1.54, 1.807) is 11.3 Å². The second kappa shape index (κ2) is 8.78. The maximum Gasteiger partial charge on any atom is 0.168 e. The molecule has 112 valence electrons. The van der Waals surface area contributed by atoms with Gasteiger partial charge in [0.2, 0.25) is 0 Å². The third-order valence-electron chi connectivity index (χ3n) is 3.76. The summed E-state index contributed by atoms with van der Waals surface area (Å²) in [5, 5.41) is 2.02. The highest BCUT2D eigenvalue weighted by Crippen LogP contribution is 2.15. The van der Waals surface area contributed by atoms with Gasteiger partial charge in [-0.25, -0.2) is 0 Å². The molecule has 1 heterocycles. The van der Waals surface area contributed by atoms with E-state index in [0.29, 0.717) is 6.42 Å². The first-order chi connectivity index (χ1) is 10.3. The van der Waals surface area contributed by atoms with Gasteiger partial charge in [-0.3, -0.25) is 4.79 Å². The zero-order valence-electron chi connectivity index (χ0n) is 12.8. The Hall–Kier alpha value is -1.41. The van der Waals surface area contributed by atoms with Crippen LogP contribution in [-0.2, 0) is 12.8 Å². The normalized spacial score (nSPS) is 10.7. The van der Waals surface area contributed by atoms with E-state index in [1.807, 2.05) is 29.6 Å². The van der Waals surface area contributed by atoms with Gasteiger partial charge < -0.3 is 0 Å². The van der Waals surface area contributed by atoms with E-state index in [4.69, 9.17) is 0 Å². The first kappa shape index (κ1) is 16.0. The molecular weight excluding hydrogens is 276 g/mol. The standard InChI is InChI=1S/C19H24OS/c1-2-3-4-5-6-8-16-10-12-17(13-11-16)19(20)15-18-9-7-14-21-18/h7,9-14H,2-6,8,15H2,1H3. The zero-order chi connectivity index (χ0) is 14.9. The predicted octanol–water partition coefficient (Wildman–Crippen LogP) is 5.69. The lowest BCUT2D eigenvalue weighted by atomic mass is 10.0. The molecule has 0 bridgehead atoms. The van der Waals surface area contributed by atoms with Gasteiger partial charge in [0, 0.05) is 16.9 Å². The molecule has 1 nitrogen and oxygen atoms in total. The molecule has 21 heavy (non-hydrogen) atoms. The highest BCUT2D eigenvalue weighted by atomic mass is 32.1. The van der Waals surface area contributed by atoms with Gasteiger partial charge in [0.25, 0.3) is 0 Å². The monoisotopic (exact) mass is 300 g/mol. The molecule has 0 N–H and O–H groups in total. The lowest BCUT2D eigenvalue weighted by Crippen LogP contribution is -2.02. The molecule has 1 aromatic carbocycles. The Bertz CT molecular complexity index is 525. The molecule has 0 saturated carbocycles. The fourth-order valence-electron chi connectivity index (χ4n) is 2.46. The maximum absolute atomic E-state index is 12.2. The number of Topliss-reactive ketones (excluding diaryl/α,β-unsaturated/α-hetero) is 1. The molecule has 0 radical (unpaired) electrons. The van der Waals surface area contributed by atoms with E-state index in [0.717, 1.165) is 16.9 Å². The molecule has 2 heteroatoms. The molecule has 0 aliphatic heterocycles. The van der Waals surface area contributed by atoms with Crippen LogP contribution in [0.2, 0.25) is 0 Å². The van der Waals surface area contributed by atoms with E-state index in [1.165, 1.54) is 37.7 Å². The fraction of sp³-hybridized carbons (Fsp3) is 0.421. The molecule has 0 saturated heterocycles. The predicted molar refractivity (Wildman–Crippen MR) is 91.3 cm³/mol. The fourth-order valence-corrected chi connectivity index (χ4v) is 3.17. The molecule has 0 unspecified atom stereocenters. The molecule has 0 aliphatic carbocycles. The van der Waals surface area contributed by atoms with Crippen molar-refractivity contribution in [3.63, 3.8) is 0 Å². The van der Waals surface area contributed by atoms with Crippen LogP contribution in [0.5, 0.6) is 0 Å². The van der Waals surface area contributed by atoms with Crippen molar-refractivity contribution in [2.24, 2.45) is 0 Å². The highest BCUT2D eigenvalue weighted by Gasteiger charge is 2.07. The molecule has 0 fully saturated rings. The summed E-state index contributed by atoms with van der Waals surface area (Å²) in [6, 6.07) is 12.2. The van der Waals surface area contributed by atoms with Crippen LogP contribution in [0.3, 0.4) is 0 Å². The van der Waals surface area contributed by atoms with Crippen molar-refractivity contribution in [3.8, 4) is 0 Å². The van der Waals surface area contributed by atoms with Crippen molar-refractivity contribution < 1.29 is 4.79 Å². The molecular formula is C19H24OS. The van der Waals surface area contributed by atoms with Crippen molar-refractivity contribution in [1.29, 1.82) is 0 Å². The number of carbonyl (C=O) groups is 1. The summed E-state index contributed by atoms with van der Waals surface area (Å²) in [6.45, 7) is 2.24. The van der Waals surface area contributed by atoms with Crippen LogP contribution in [-0.4, -0.2) is 5.78 Å². The highest BCUT2D eigenvalue weighted by molar-refractivity contribution is 7.10. The SMILES string of the molecule is CCCCCCCc1ccc(C(=O)Cc2cccs2)cc1. The Morgan fingerprint density at radius 2 is 1.76 bits per heavy atom. The van der Waals surface area contributed by atoms with Crippen LogP contribution in [0.15, 0.2) is 41.8 Å². The number of ketones is 1. The second-order valence-electron chi connectivity index (χ2n) is 5.54. The summed E-state index contributed by atoms with van der Waals surface area (Å²) in [5.41, 5.74) is 2.18. The van der Waals surface area contributed by atoms with Gasteiger partial charge in [-0.05, 0) is 29.9 Å². The summed E-state index contributed by atoms with van der Waals surface area (Å²) >= 11 is 1.65. The van der Waals surface area contributed by atoms with E-state index in [9.17, 15) is 4.79 Å². The second-order valence-corrected chi connectivity index (χ2v) is 6.57. The van der Waals surface area contributed by atoms with Crippen LogP contribution in [0.1, 0.15) is 59.8 Å². The van der Waals surface area contributed by atoms with Gasteiger partial charge in [-0.1, -0.05) is 62.9 Å². The third kappa shape index (κ3) is 5.47. The van der Waals surface area contributed by atoms with Gasteiger partial charge in [0.15, 0.2) is 5.78 Å². The molecule has 0 amide bonds. The van der Waals surface area contributed by atoms with Gasteiger partial charge in [-0.2, -0.15) is 0 Å². The molecule has 1 aromatic heterocycles. The van der Waals surface area contributed by atoms with Crippen LogP contribution >= 0.6 is 11.3 Å². The first-order valence-electron chi connectivity index (χ1n) is 7.94. The van der Waals surface area contributed by atoms with Crippen molar-refractivity contribution in [2.75, 3.05) is 0 Å². The third-order valence-corrected chi connectivity index (χ3v) is 4.64. The van der Waals surface area contributed by atoms with E-state index in [2.05, 4.69) is 19.1 Å². The number of thiophene rings is 1. The topological polar surface area (TPSA) is 17.1 Å². The van der Waals surface area contributed by atoms with Crippen LogP contribution < -0.4 is 0 Å². The number of rotatable bonds is 9. The molecule has 2 rings (SSSR count). The summed E-state index contributed by atoms with van der Waals surface area (Å²) < 4.78 is 0. The van der Waals surface area contributed by atoms with Crippen molar-refractivity contribution >= 4 is 17.1 Å². The van der Waals surface area contributed by atoms with Gasteiger partial charge in [-0.15, -0.1) is 11.3 Å². The lowest BCUT2D eigenvalue weighted by Gasteiger charge is -2.04. The number of carbonyl (C=O) groups excluding carboxylic acids is 1. The van der Waals surface area contributed by atoms with E-state index < -0.39 is 0 Å². The van der Waals surface area contributed by atoms with Crippen LogP contribution in [0.25, 0.3) is 0 Å². The smallest absolute Gasteiger partial charge is 0.168 e.